The van der Waals surface area contributed by atoms with Crippen LogP contribution in [-0.4, -0.2) is 288 Å². The topological polar surface area (TPSA) is 478 Å². The lowest BCUT2D eigenvalue weighted by Gasteiger charge is -2.72. The number of aliphatic hydroxyl groups excluding tert-OH is 12. The van der Waals surface area contributed by atoms with Crippen LogP contribution in [0, 0.1) is 50.2 Å². The molecule has 13 N–H and O–H groups in total. The minimum absolute atomic E-state index is 0.00419. The third-order valence-corrected chi connectivity index (χ3v) is 24.7. The number of esters is 4. The van der Waals surface area contributed by atoms with Gasteiger partial charge in [-0.2, -0.15) is 0 Å². The van der Waals surface area contributed by atoms with E-state index in [1.165, 1.54) is 12.5 Å². The zero-order valence-corrected chi connectivity index (χ0v) is 58.0. The van der Waals surface area contributed by atoms with Crippen LogP contribution in [0.2, 0.25) is 0 Å². The van der Waals surface area contributed by atoms with Gasteiger partial charge in [0.05, 0.1) is 44.2 Å². The second kappa shape index (κ2) is 29.3. The molecule has 9 fully saturated rings. The van der Waals surface area contributed by atoms with E-state index in [1.54, 1.807) is 0 Å². The van der Waals surface area contributed by atoms with Crippen LogP contribution in [0.5, 0.6) is 0 Å². The Morgan fingerprint density at radius 2 is 1.12 bits per heavy atom. The fourth-order valence-electron chi connectivity index (χ4n) is 19.0. The van der Waals surface area contributed by atoms with Crippen LogP contribution in [0.3, 0.4) is 0 Å². The molecule has 0 unspecified atom stereocenters. The standard InChI is InChI=1S/C67H104O32/c1-26-39(75)41(77)45(81)58(88-26)97-50-42(78)40(76)34(22-68)92-59(50)98-51-44(80)43(79)49(56(84)85)96-60(51)94-38-16-17-64(9)36(65(38,10)25-69)15-18-67(12)37(64)14-13-31-32-21-62(6,7)54(83)55(63(32,8)19-20-66(31,67)11)99-57-46(82)47(33(74)23-87-57)95-61-53(91-30(5)73)52(90-29(4)72)48(89-28(3)71)35(93-61)24-86-27(2)70/h13,26,32-55,57-61,68-69,74-83H,14-25H2,1-12H3,(H,84,85)/t26-,32-,33-,34+,35+,36+,37+,38-,39-,40-,41+,42-,43-,44-,45+,46+,47-,48+,49-,50+,51+,52-,53+,54-,55+,57-,58-,59-,60+,61-,63+,64-,65+,66+,67+/m1/s1. The monoisotopic (exact) mass is 1420 g/mol. The molecule has 564 valence electrons. The Labute approximate surface area is 573 Å². The van der Waals surface area contributed by atoms with E-state index in [1.807, 2.05) is 20.8 Å². The normalized spacial score (nSPS) is 50.4. The number of ether oxygens (including phenoxy) is 14. The molecule has 32 heteroatoms. The number of carbonyl (C=O) groups is 5. The van der Waals surface area contributed by atoms with Crippen molar-refractivity contribution < 1.29 is 157 Å². The second-order valence-corrected chi connectivity index (χ2v) is 31.1. The van der Waals surface area contributed by atoms with Crippen LogP contribution in [0.1, 0.15) is 134 Å². The Hall–Kier alpha value is -3.79. The molecular weight excluding hydrogens is 1320 g/mol. The van der Waals surface area contributed by atoms with Gasteiger partial charge >= 0.3 is 29.8 Å². The molecule has 10 rings (SSSR count). The molecule has 0 amide bonds. The van der Waals surface area contributed by atoms with Gasteiger partial charge in [0.25, 0.3) is 0 Å². The van der Waals surface area contributed by atoms with E-state index < -0.39 is 249 Å². The van der Waals surface area contributed by atoms with E-state index in [0.29, 0.717) is 44.9 Å². The summed E-state index contributed by atoms with van der Waals surface area (Å²) in [7, 11) is 0. The number of aliphatic hydroxyl groups is 12. The molecule has 5 aliphatic heterocycles. The van der Waals surface area contributed by atoms with Crippen molar-refractivity contribution in [2.75, 3.05) is 26.4 Å². The van der Waals surface area contributed by atoms with Crippen LogP contribution < -0.4 is 0 Å². The van der Waals surface area contributed by atoms with E-state index in [0.717, 1.165) is 27.7 Å². The van der Waals surface area contributed by atoms with Gasteiger partial charge in [-0.1, -0.05) is 60.1 Å². The molecule has 0 aromatic rings. The van der Waals surface area contributed by atoms with Crippen molar-refractivity contribution in [2.45, 2.75) is 300 Å². The first-order valence-electron chi connectivity index (χ1n) is 34.3. The van der Waals surface area contributed by atoms with Gasteiger partial charge in [0.15, 0.2) is 55.9 Å². The number of rotatable bonds is 18. The highest BCUT2D eigenvalue weighted by Gasteiger charge is 2.71. The van der Waals surface area contributed by atoms with E-state index in [4.69, 9.17) is 66.3 Å². The van der Waals surface area contributed by atoms with Crippen molar-refractivity contribution in [3.05, 3.63) is 11.6 Å². The molecule has 99 heavy (non-hydrogen) atoms. The molecule has 32 nitrogen and oxygen atoms in total. The molecule has 0 radical (unpaired) electrons. The maximum atomic E-state index is 12.7. The fraction of sp³-hybridized carbons (Fsp3) is 0.896. The Bertz CT molecular complexity index is 2940. The third kappa shape index (κ3) is 14.0. The Morgan fingerprint density at radius 1 is 0.535 bits per heavy atom. The minimum atomic E-state index is -2.16. The molecule has 5 aliphatic carbocycles. The molecule has 35 atom stereocenters. The smallest absolute Gasteiger partial charge is 0.335 e. The first-order chi connectivity index (χ1) is 46.2. The number of carboxylic acids is 1. The van der Waals surface area contributed by atoms with Gasteiger partial charge in [0, 0.05) is 38.5 Å². The average molecular weight is 1420 g/mol. The molecule has 0 aromatic carbocycles. The molecular formula is C67H104O32. The second-order valence-electron chi connectivity index (χ2n) is 31.1. The fourth-order valence-corrected chi connectivity index (χ4v) is 19.0. The van der Waals surface area contributed by atoms with Gasteiger partial charge in [0.1, 0.15) is 92.1 Å². The van der Waals surface area contributed by atoms with Gasteiger partial charge in [-0.3, -0.25) is 19.2 Å². The molecule has 4 saturated carbocycles. The lowest BCUT2D eigenvalue weighted by molar-refractivity contribution is -0.396. The lowest BCUT2D eigenvalue weighted by Crippen LogP contribution is -2.69. The van der Waals surface area contributed by atoms with E-state index in [-0.39, 0.29) is 29.6 Å². The summed E-state index contributed by atoms with van der Waals surface area (Å²) in [6.07, 6.45) is -38.6. The Morgan fingerprint density at radius 3 is 1.74 bits per heavy atom. The zero-order valence-electron chi connectivity index (χ0n) is 58.0. The van der Waals surface area contributed by atoms with Crippen LogP contribution in [0.4, 0.5) is 0 Å². The molecule has 10 aliphatic rings. The highest BCUT2D eigenvalue weighted by atomic mass is 16.8. The number of carbonyl (C=O) groups excluding carboxylic acids is 4. The summed E-state index contributed by atoms with van der Waals surface area (Å²) >= 11 is 0. The number of hydrogen-bond donors (Lipinski definition) is 13. The summed E-state index contributed by atoms with van der Waals surface area (Å²) in [4.78, 5) is 62.5. The summed E-state index contributed by atoms with van der Waals surface area (Å²) in [5.41, 5.74) is -2.87. The van der Waals surface area contributed by atoms with E-state index in [9.17, 15) is 90.4 Å². The number of hydrogen-bond acceptors (Lipinski definition) is 31. The van der Waals surface area contributed by atoms with Crippen LogP contribution in [-0.2, 0) is 90.3 Å². The summed E-state index contributed by atoms with van der Waals surface area (Å²) in [5.74, 6) is -5.54. The van der Waals surface area contributed by atoms with Crippen molar-refractivity contribution in [1.29, 1.82) is 0 Å². The van der Waals surface area contributed by atoms with Crippen molar-refractivity contribution in [3.8, 4) is 0 Å². The predicted molar refractivity (Wildman–Crippen MR) is 329 cm³/mol. The zero-order chi connectivity index (χ0) is 72.9. The van der Waals surface area contributed by atoms with Gasteiger partial charge in [0.2, 0.25) is 0 Å². The Balaban J connectivity index is 0.893. The van der Waals surface area contributed by atoms with Gasteiger partial charge in [-0.05, 0) is 97.7 Å². The highest BCUT2D eigenvalue weighted by Crippen LogP contribution is 2.76. The van der Waals surface area contributed by atoms with Crippen molar-refractivity contribution in [2.24, 2.45) is 50.2 Å². The first kappa shape index (κ1) is 77.8. The van der Waals surface area contributed by atoms with Gasteiger partial charge < -0.3 is 133 Å². The predicted octanol–water partition coefficient (Wildman–Crippen LogP) is -1.75. The van der Waals surface area contributed by atoms with Crippen molar-refractivity contribution in [1.82, 2.24) is 0 Å². The van der Waals surface area contributed by atoms with Gasteiger partial charge in [-0.25, -0.2) is 4.79 Å². The summed E-state index contributed by atoms with van der Waals surface area (Å²) in [6.45, 7) is 18.0. The maximum absolute atomic E-state index is 12.7. The number of carboxylic acid groups (broad SMARTS) is 1. The van der Waals surface area contributed by atoms with E-state index >= 15 is 0 Å². The highest BCUT2D eigenvalue weighted by molar-refractivity contribution is 5.73. The summed E-state index contributed by atoms with van der Waals surface area (Å²) < 4.78 is 83.8. The summed E-state index contributed by atoms with van der Waals surface area (Å²) in [5, 5.41) is 146. The summed E-state index contributed by atoms with van der Waals surface area (Å²) in [6, 6.07) is 0. The number of aliphatic carboxylic acids is 1. The van der Waals surface area contributed by atoms with Crippen LogP contribution in [0.15, 0.2) is 11.6 Å². The number of allylic oxidation sites excluding steroid dienone is 2. The van der Waals surface area contributed by atoms with Crippen molar-refractivity contribution >= 4 is 29.8 Å². The molecule has 0 aromatic heterocycles. The third-order valence-electron chi connectivity index (χ3n) is 24.7. The Kier molecular flexibility index (Phi) is 23.0. The molecule has 0 bridgehead atoms. The van der Waals surface area contributed by atoms with Crippen LogP contribution >= 0.6 is 0 Å². The van der Waals surface area contributed by atoms with Crippen molar-refractivity contribution in [3.63, 3.8) is 0 Å². The van der Waals surface area contributed by atoms with Gasteiger partial charge in [-0.15, -0.1) is 0 Å². The molecule has 0 spiro atoms. The quantitative estimate of drug-likeness (QED) is 0.0313. The number of fused-ring (bicyclic) bond motifs is 7. The minimum Gasteiger partial charge on any atom is -0.479 e. The van der Waals surface area contributed by atoms with Crippen LogP contribution in [0.25, 0.3) is 0 Å². The average Bonchev–Trinajstić information content (AvgIpc) is 0.674. The molecule has 5 heterocycles. The first-order valence-corrected chi connectivity index (χ1v) is 34.3. The van der Waals surface area contributed by atoms with E-state index in [2.05, 4.69) is 33.8 Å². The maximum Gasteiger partial charge on any atom is 0.335 e. The lowest BCUT2D eigenvalue weighted by atomic mass is 9.33. The SMILES string of the molecule is CC(=O)OC[C@@H]1O[C@H](O[C@H]2[C@H](O)[C@@H](O[C@H]3[C@@H](O)C(C)(C)C[C@@H]4C5=CC[C@H]6[C@]7(C)CC[C@@H](O[C@H]8O[C@@H](C(=O)O)[C@H](O)[C@@H](O)[C@@H]8O[C@H]8O[C@@H](CO)[C@@H](O)[C@@H](O)[C@@H]8O[C@H]8O[C@H](C)[C@@H](O)[C@H](O)[C@@H]8O)[C@@](C)(CO)[C@H]7CC[C@]6(C)[C@@]5(C)CC[C@@]43C)OC[C@H]2O)[C@@H](OC(C)=O)[C@H](OC(C)=O)[C@H]1OC(C)=O. The molecule has 5 saturated heterocycles. The largest absolute Gasteiger partial charge is 0.479 e.